The van der Waals surface area contributed by atoms with Gasteiger partial charge < -0.3 is 20.1 Å². The first-order valence-corrected chi connectivity index (χ1v) is 9.35. The van der Waals surface area contributed by atoms with E-state index in [0.717, 1.165) is 30.8 Å². The van der Waals surface area contributed by atoms with E-state index in [1.807, 2.05) is 18.2 Å². The molecule has 0 aliphatic rings. The number of fused-ring (bicyclic) bond motifs is 1. The highest BCUT2D eigenvalue weighted by molar-refractivity contribution is 7.80. The van der Waals surface area contributed by atoms with Crippen LogP contribution in [0.2, 0.25) is 0 Å². The van der Waals surface area contributed by atoms with Crippen molar-refractivity contribution in [3.63, 3.8) is 0 Å². The van der Waals surface area contributed by atoms with Gasteiger partial charge >= 0.3 is 0 Å². The van der Waals surface area contributed by atoms with Crippen molar-refractivity contribution in [2.24, 2.45) is 0 Å². The van der Waals surface area contributed by atoms with E-state index in [1.54, 1.807) is 14.2 Å². The summed E-state index contributed by atoms with van der Waals surface area (Å²) in [5.74, 6) is 1.43. The summed E-state index contributed by atoms with van der Waals surface area (Å²) in [6.07, 6.45) is 2.00. The van der Waals surface area contributed by atoms with Gasteiger partial charge in [-0.1, -0.05) is 42.5 Å². The topological polar surface area (TPSA) is 42.5 Å². The third-order valence-corrected chi connectivity index (χ3v) is 4.69. The average molecular weight is 381 g/mol. The van der Waals surface area contributed by atoms with Crippen molar-refractivity contribution in [3.8, 4) is 11.5 Å². The molecule has 0 fully saturated rings. The van der Waals surface area contributed by atoms with Crippen LogP contribution < -0.4 is 20.1 Å². The van der Waals surface area contributed by atoms with Crippen molar-refractivity contribution in [2.75, 3.05) is 26.1 Å². The van der Waals surface area contributed by atoms with Crippen LogP contribution in [0.25, 0.3) is 10.8 Å². The zero-order valence-corrected chi connectivity index (χ0v) is 16.4. The molecule has 0 radical (unpaired) electrons. The Morgan fingerprint density at radius 2 is 1.78 bits per heavy atom. The van der Waals surface area contributed by atoms with Crippen molar-refractivity contribution < 1.29 is 9.47 Å². The summed E-state index contributed by atoms with van der Waals surface area (Å²) in [6.45, 7) is 0.799. The maximum absolute atomic E-state index is 5.40. The zero-order chi connectivity index (χ0) is 19.1. The van der Waals surface area contributed by atoms with Gasteiger partial charge in [-0.3, -0.25) is 0 Å². The molecular weight excluding hydrogens is 356 g/mol. The lowest BCUT2D eigenvalue weighted by atomic mass is 10.0. The summed E-state index contributed by atoms with van der Waals surface area (Å²) < 4.78 is 10.6. The molecule has 0 saturated heterocycles. The lowest BCUT2D eigenvalue weighted by Crippen LogP contribution is -2.29. The Kier molecular flexibility index (Phi) is 6.49. The fourth-order valence-corrected chi connectivity index (χ4v) is 3.27. The molecule has 3 aromatic carbocycles. The Bertz CT molecular complexity index is 922. The molecule has 0 aliphatic heterocycles. The minimum Gasteiger partial charge on any atom is -0.497 e. The Balaban J connectivity index is 1.51. The average Bonchev–Trinajstić information content (AvgIpc) is 2.71. The number of hydrogen-bond donors (Lipinski definition) is 2. The second kappa shape index (κ2) is 9.24. The second-order valence-electron chi connectivity index (χ2n) is 6.19. The monoisotopic (exact) mass is 380 g/mol. The first-order valence-electron chi connectivity index (χ1n) is 8.95. The number of anilines is 1. The SMILES string of the molecule is COc1ccc(NC(=S)NCCCc2cccc3ccccc23)c(OC)c1. The van der Waals surface area contributed by atoms with Crippen LogP contribution in [0, 0.1) is 0 Å². The van der Waals surface area contributed by atoms with Gasteiger partial charge in [-0.25, -0.2) is 0 Å². The third-order valence-electron chi connectivity index (χ3n) is 4.45. The van der Waals surface area contributed by atoms with Crippen LogP contribution in [0.3, 0.4) is 0 Å². The summed E-state index contributed by atoms with van der Waals surface area (Å²) >= 11 is 5.40. The van der Waals surface area contributed by atoms with Crippen molar-refractivity contribution in [1.29, 1.82) is 0 Å². The van der Waals surface area contributed by atoms with Crippen molar-refractivity contribution >= 4 is 33.8 Å². The molecule has 0 bridgehead atoms. The number of methoxy groups -OCH3 is 2. The van der Waals surface area contributed by atoms with E-state index in [-0.39, 0.29) is 0 Å². The van der Waals surface area contributed by atoms with Gasteiger partial charge in [-0.05, 0) is 53.5 Å². The highest BCUT2D eigenvalue weighted by atomic mass is 32.1. The lowest BCUT2D eigenvalue weighted by Gasteiger charge is -2.14. The quantitative estimate of drug-likeness (QED) is 0.456. The molecule has 3 rings (SSSR count). The molecular formula is C22H24N2O2S. The highest BCUT2D eigenvalue weighted by Gasteiger charge is 2.07. The lowest BCUT2D eigenvalue weighted by molar-refractivity contribution is 0.395. The minimum absolute atomic E-state index is 0.580. The van der Waals surface area contributed by atoms with Crippen LogP contribution in [0.1, 0.15) is 12.0 Å². The predicted octanol–water partition coefficient (Wildman–Crippen LogP) is 4.78. The normalized spacial score (nSPS) is 10.4. The fraction of sp³-hybridized carbons (Fsp3) is 0.227. The molecule has 4 nitrogen and oxygen atoms in total. The van der Waals surface area contributed by atoms with Gasteiger partial charge in [-0.2, -0.15) is 0 Å². The first kappa shape index (κ1) is 19.0. The van der Waals surface area contributed by atoms with Gasteiger partial charge in [0.05, 0.1) is 19.9 Å². The van der Waals surface area contributed by atoms with Crippen molar-refractivity contribution in [3.05, 3.63) is 66.2 Å². The number of ether oxygens (including phenoxy) is 2. The van der Waals surface area contributed by atoms with Crippen molar-refractivity contribution in [1.82, 2.24) is 5.32 Å². The summed E-state index contributed by atoms with van der Waals surface area (Å²) in [5.41, 5.74) is 2.18. The van der Waals surface area contributed by atoms with E-state index in [4.69, 9.17) is 21.7 Å². The van der Waals surface area contributed by atoms with Gasteiger partial charge in [0.1, 0.15) is 11.5 Å². The fourth-order valence-electron chi connectivity index (χ4n) is 3.06. The predicted molar refractivity (Wildman–Crippen MR) is 116 cm³/mol. The molecule has 0 aromatic heterocycles. The molecule has 0 spiro atoms. The van der Waals surface area contributed by atoms with E-state index >= 15 is 0 Å². The summed E-state index contributed by atoms with van der Waals surface area (Å²) in [4.78, 5) is 0. The number of aryl methyl sites for hydroxylation is 1. The molecule has 0 heterocycles. The molecule has 5 heteroatoms. The molecule has 27 heavy (non-hydrogen) atoms. The van der Waals surface area contributed by atoms with Crippen LogP contribution in [-0.2, 0) is 6.42 Å². The molecule has 0 saturated carbocycles. The largest absolute Gasteiger partial charge is 0.497 e. The van der Waals surface area contributed by atoms with Crippen LogP contribution >= 0.6 is 12.2 Å². The Morgan fingerprint density at radius 1 is 0.963 bits per heavy atom. The summed E-state index contributed by atoms with van der Waals surface area (Å²) in [7, 11) is 3.25. The number of hydrogen-bond acceptors (Lipinski definition) is 3. The summed E-state index contributed by atoms with van der Waals surface area (Å²) in [5, 5.41) is 9.63. The van der Waals surface area contributed by atoms with Gasteiger partial charge in [-0.15, -0.1) is 0 Å². The number of nitrogens with one attached hydrogen (secondary N) is 2. The second-order valence-corrected chi connectivity index (χ2v) is 6.60. The van der Waals surface area contributed by atoms with Crippen molar-refractivity contribution in [2.45, 2.75) is 12.8 Å². The Hall–Kier alpha value is -2.79. The number of rotatable bonds is 7. The van der Waals surface area contributed by atoms with E-state index in [1.165, 1.54) is 16.3 Å². The first-order chi connectivity index (χ1) is 13.2. The van der Waals surface area contributed by atoms with E-state index in [0.29, 0.717) is 10.9 Å². The third kappa shape index (κ3) is 4.89. The molecule has 0 amide bonds. The Morgan fingerprint density at radius 3 is 2.59 bits per heavy atom. The van der Waals surface area contributed by atoms with E-state index < -0.39 is 0 Å². The van der Waals surface area contributed by atoms with E-state index in [9.17, 15) is 0 Å². The molecule has 0 aliphatic carbocycles. The Labute approximate surface area is 165 Å². The maximum Gasteiger partial charge on any atom is 0.170 e. The smallest absolute Gasteiger partial charge is 0.170 e. The van der Waals surface area contributed by atoms with Crippen LogP contribution in [-0.4, -0.2) is 25.9 Å². The molecule has 2 N–H and O–H groups in total. The van der Waals surface area contributed by atoms with Gasteiger partial charge in [0.2, 0.25) is 0 Å². The number of benzene rings is 3. The zero-order valence-electron chi connectivity index (χ0n) is 15.6. The van der Waals surface area contributed by atoms with Gasteiger partial charge in [0, 0.05) is 12.6 Å². The standard InChI is InChI=1S/C22H24N2O2S/c1-25-18-12-13-20(21(15-18)26-2)24-22(27)23-14-6-10-17-9-5-8-16-7-3-4-11-19(16)17/h3-5,7-9,11-13,15H,6,10,14H2,1-2H3,(H2,23,24,27). The van der Waals surface area contributed by atoms with Crippen LogP contribution in [0.4, 0.5) is 5.69 Å². The molecule has 3 aromatic rings. The highest BCUT2D eigenvalue weighted by Crippen LogP contribution is 2.28. The molecule has 0 unspecified atom stereocenters. The van der Waals surface area contributed by atoms with Crippen LogP contribution in [0.15, 0.2) is 60.7 Å². The maximum atomic E-state index is 5.40. The molecule has 140 valence electrons. The van der Waals surface area contributed by atoms with Crippen LogP contribution in [0.5, 0.6) is 11.5 Å². The minimum atomic E-state index is 0.580. The van der Waals surface area contributed by atoms with Gasteiger partial charge in [0.25, 0.3) is 0 Å². The summed E-state index contributed by atoms with van der Waals surface area (Å²) in [6, 6.07) is 20.5. The van der Waals surface area contributed by atoms with E-state index in [2.05, 4.69) is 53.1 Å². The number of thiocarbonyl (C=S) groups is 1. The van der Waals surface area contributed by atoms with Gasteiger partial charge in [0.15, 0.2) is 5.11 Å². The molecule has 0 atom stereocenters.